The zero-order chi connectivity index (χ0) is 13.2. The molecule has 1 saturated heterocycles. The number of aromatic nitrogens is 4. The first-order valence-corrected chi connectivity index (χ1v) is 6.27. The van der Waals surface area contributed by atoms with Crippen molar-refractivity contribution in [3.05, 3.63) is 24.1 Å². The van der Waals surface area contributed by atoms with Crippen LogP contribution in [0.15, 0.2) is 18.3 Å². The number of piperidine rings is 1. The van der Waals surface area contributed by atoms with E-state index in [1.165, 1.54) is 6.07 Å². The second kappa shape index (κ2) is 4.93. The van der Waals surface area contributed by atoms with Gasteiger partial charge in [-0.1, -0.05) is 0 Å². The SMILES string of the molecule is NC1CCCN(c2n[nH]c(-c3ccc(F)cn3)n2)C1. The van der Waals surface area contributed by atoms with E-state index in [2.05, 4.69) is 25.1 Å². The van der Waals surface area contributed by atoms with Gasteiger partial charge in [-0.15, -0.1) is 5.10 Å². The maximum Gasteiger partial charge on any atom is 0.245 e. The summed E-state index contributed by atoms with van der Waals surface area (Å²) in [5.74, 6) is 0.788. The first-order chi connectivity index (χ1) is 9.22. The lowest BCUT2D eigenvalue weighted by molar-refractivity contribution is 0.500. The first-order valence-electron chi connectivity index (χ1n) is 6.27. The number of nitrogens with two attached hydrogens (primary N) is 1. The minimum absolute atomic E-state index is 0.166. The highest BCUT2D eigenvalue weighted by molar-refractivity contribution is 5.50. The van der Waals surface area contributed by atoms with Gasteiger partial charge in [-0.25, -0.2) is 9.37 Å². The molecule has 1 atom stereocenters. The Morgan fingerprint density at radius 1 is 1.42 bits per heavy atom. The molecule has 3 heterocycles. The van der Waals surface area contributed by atoms with Crippen LogP contribution in [0.25, 0.3) is 11.5 Å². The number of H-pyrrole nitrogens is 1. The van der Waals surface area contributed by atoms with Gasteiger partial charge in [0.05, 0.1) is 6.20 Å². The molecule has 0 saturated carbocycles. The van der Waals surface area contributed by atoms with Gasteiger partial charge in [0.1, 0.15) is 11.5 Å². The Hall–Kier alpha value is -2.02. The molecule has 1 aliphatic heterocycles. The molecule has 3 rings (SSSR count). The van der Waals surface area contributed by atoms with Gasteiger partial charge >= 0.3 is 0 Å². The molecule has 19 heavy (non-hydrogen) atoms. The number of anilines is 1. The Morgan fingerprint density at radius 2 is 2.32 bits per heavy atom. The number of hydrogen-bond acceptors (Lipinski definition) is 5. The molecule has 0 aromatic carbocycles. The molecule has 100 valence electrons. The number of hydrogen-bond donors (Lipinski definition) is 2. The fourth-order valence-corrected chi connectivity index (χ4v) is 2.22. The van der Waals surface area contributed by atoms with Crippen LogP contribution in [0.1, 0.15) is 12.8 Å². The third kappa shape index (κ3) is 2.55. The van der Waals surface area contributed by atoms with E-state index in [4.69, 9.17) is 5.73 Å². The highest BCUT2D eigenvalue weighted by Gasteiger charge is 2.20. The number of pyridine rings is 1. The van der Waals surface area contributed by atoms with E-state index in [-0.39, 0.29) is 11.9 Å². The summed E-state index contributed by atoms with van der Waals surface area (Å²) < 4.78 is 12.8. The average Bonchev–Trinajstić information content (AvgIpc) is 2.89. The van der Waals surface area contributed by atoms with E-state index in [1.807, 2.05) is 0 Å². The fraction of sp³-hybridized carbons (Fsp3) is 0.417. The number of rotatable bonds is 2. The van der Waals surface area contributed by atoms with Crippen molar-refractivity contribution in [3.63, 3.8) is 0 Å². The molecule has 1 unspecified atom stereocenters. The van der Waals surface area contributed by atoms with Crippen LogP contribution in [0.3, 0.4) is 0 Å². The lowest BCUT2D eigenvalue weighted by atomic mass is 10.1. The third-order valence-electron chi connectivity index (χ3n) is 3.18. The van der Waals surface area contributed by atoms with E-state index < -0.39 is 0 Å². The van der Waals surface area contributed by atoms with Gasteiger partial charge in [0.2, 0.25) is 5.95 Å². The summed E-state index contributed by atoms with van der Waals surface area (Å²) in [7, 11) is 0. The Kier molecular flexibility index (Phi) is 3.12. The molecule has 0 spiro atoms. The lowest BCUT2D eigenvalue weighted by Gasteiger charge is -2.29. The van der Waals surface area contributed by atoms with Crippen molar-refractivity contribution in [2.24, 2.45) is 5.73 Å². The number of halogens is 1. The summed E-state index contributed by atoms with van der Waals surface area (Å²) in [6.07, 6.45) is 3.24. The predicted molar refractivity (Wildman–Crippen MR) is 69.0 cm³/mol. The second-order valence-electron chi connectivity index (χ2n) is 4.69. The maximum atomic E-state index is 12.8. The van der Waals surface area contributed by atoms with E-state index >= 15 is 0 Å². The molecule has 1 fully saturated rings. The van der Waals surface area contributed by atoms with Crippen molar-refractivity contribution in [2.75, 3.05) is 18.0 Å². The van der Waals surface area contributed by atoms with Crippen LogP contribution in [-0.2, 0) is 0 Å². The molecule has 0 amide bonds. The van der Waals surface area contributed by atoms with Crippen LogP contribution < -0.4 is 10.6 Å². The number of nitrogens with one attached hydrogen (secondary N) is 1. The van der Waals surface area contributed by atoms with Crippen molar-refractivity contribution in [1.82, 2.24) is 20.2 Å². The monoisotopic (exact) mass is 262 g/mol. The molecule has 2 aromatic rings. The van der Waals surface area contributed by atoms with Crippen molar-refractivity contribution >= 4 is 5.95 Å². The van der Waals surface area contributed by atoms with Crippen molar-refractivity contribution in [1.29, 1.82) is 0 Å². The molecular formula is C12H15FN6. The van der Waals surface area contributed by atoms with Crippen molar-refractivity contribution in [3.8, 4) is 11.5 Å². The summed E-state index contributed by atoms with van der Waals surface area (Å²) in [5, 5.41) is 7.00. The van der Waals surface area contributed by atoms with Crippen molar-refractivity contribution in [2.45, 2.75) is 18.9 Å². The Bertz CT molecular complexity index is 552. The van der Waals surface area contributed by atoms with Gasteiger partial charge in [-0.2, -0.15) is 4.98 Å². The molecule has 0 radical (unpaired) electrons. The summed E-state index contributed by atoms with van der Waals surface area (Å²) in [5.41, 5.74) is 6.51. The minimum atomic E-state index is -0.370. The minimum Gasteiger partial charge on any atom is -0.338 e. The van der Waals surface area contributed by atoms with Gasteiger partial charge < -0.3 is 10.6 Å². The zero-order valence-electron chi connectivity index (χ0n) is 10.4. The van der Waals surface area contributed by atoms with Gasteiger partial charge in [0, 0.05) is 19.1 Å². The van der Waals surface area contributed by atoms with Crippen LogP contribution in [0.2, 0.25) is 0 Å². The fourth-order valence-electron chi connectivity index (χ4n) is 2.22. The predicted octanol–water partition coefficient (Wildman–Crippen LogP) is 0.933. The summed E-state index contributed by atoms with van der Waals surface area (Å²) in [6, 6.07) is 3.09. The molecule has 0 bridgehead atoms. The van der Waals surface area contributed by atoms with E-state index in [1.54, 1.807) is 6.07 Å². The summed E-state index contributed by atoms with van der Waals surface area (Å²) in [4.78, 5) is 10.4. The van der Waals surface area contributed by atoms with E-state index in [0.717, 1.165) is 32.1 Å². The Morgan fingerprint density at radius 3 is 3.05 bits per heavy atom. The first kappa shape index (κ1) is 12.0. The van der Waals surface area contributed by atoms with E-state index in [9.17, 15) is 4.39 Å². The van der Waals surface area contributed by atoms with Crippen LogP contribution in [-0.4, -0.2) is 39.3 Å². The quantitative estimate of drug-likeness (QED) is 0.841. The standard InChI is InChI=1S/C12H15FN6/c13-8-3-4-10(15-6-8)11-16-12(18-17-11)19-5-1-2-9(14)7-19/h3-4,6,9H,1-2,5,7,14H2,(H,16,17,18). The van der Waals surface area contributed by atoms with E-state index in [0.29, 0.717) is 17.5 Å². The molecular weight excluding hydrogens is 247 g/mol. The van der Waals surface area contributed by atoms with Gasteiger partial charge in [-0.05, 0) is 25.0 Å². The van der Waals surface area contributed by atoms with Gasteiger partial charge in [0.15, 0.2) is 5.82 Å². The van der Waals surface area contributed by atoms with Crippen LogP contribution in [0, 0.1) is 5.82 Å². The van der Waals surface area contributed by atoms with Crippen LogP contribution >= 0.6 is 0 Å². The van der Waals surface area contributed by atoms with Crippen LogP contribution in [0.4, 0.5) is 10.3 Å². The smallest absolute Gasteiger partial charge is 0.245 e. The molecule has 1 aliphatic rings. The number of aromatic amines is 1. The molecule has 6 nitrogen and oxygen atoms in total. The average molecular weight is 262 g/mol. The molecule has 7 heteroatoms. The highest BCUT2D eigenvalue weighted by atomic mass is 19.1. The molecule has 3 N–H and O–H groups in total. The Labute approximate surface area is 109 Å². The second-order valence-corrected chi connectivity index (χ2v) is 4.69. The molecule has 0 aliphatic carbocycles. The highest BCUT2D eigenvalue weighted by Crippen LogP contribution is 2.18. The maximum absolute atomic E-state index is 12.8. The largest absolute Gasteiger partial charge is 0.338 e. The third-order valence-corrected chi connectivity index (χ3v) is 3.18. The zero-order valence-corrected chi connectivity index (χ0v) is 10.4. The molecule has 2 aromatic heterocycles. The van der Waals surface area contributed by atoms with Crippen molar-refractivity contribution < 1.29 is 4.39 Å². The topological polar surface area (TPSA) is 83.7 Å². The van der Waals surface area contributed by atoms with Crippen LogP contribution in [0.5, 0.6) is 0 Å². The van der Waals surface area contributed by atoms with Gasteiger partial charge in [-0.3, -0.25) is 5.10 Å². The number of nitrogens with zero attached hydrogens (tertiary/aromatic N) is 4. The summed E-state index contributed by atoms with van der Waals surface area (Å²) in [6.45, 7) is 1.66. The summed E-state index contributed by atoms with van der Waals surface area (Å²) >= 11 is 0. The normalized spacial score (nSPS) is 19.7. The lowest BCUT2D eigenvalue weighted by Crippen LogP contribution is -2.43. The van der Waals surface area contributed by atoms with Gasteiger partial charge in [0.25, 0.3) is 0 Å². The Balaban J connectivity index is 1.81.